The van der Waals surface area contributed by atoms with Gasteiger partial charge in [-0.05, 0) is 30.0 Å². The molecular weight excluding hydrogens is 274 g/mol. The second-order valence-corrected chi connectivity index (χ2v) is 7.17. The van der Waals surface area contributed by atoms with E-state index in [1.165, 1.54) is 6.07 Å². The van der Waals surface area contributed by atoms with Gasteiger partial charge < -0.3 is 4.74 Å². The number of sulfonamides is 1. The Morgan fingerprint density at radius 2 is 2.00 bits per heavy atom. The maximum atomic E-state index is 11.4. The zero-order valence-electron chi connectivity index (χ0n) is 12.1. The van der Waals surface area contributed by atoms with Crippen molar-refractivity contribution in [2.24, 2.45) is 5.14 Å². The molecule has 0 unspecified atom stereocenters. The van der Waals surface area contributed by atoms with E-state index in [4.69, 9.17) is 16.3 Å². The molecule has 110 valence electrons. The lowest BCUT2D eigenvalue weighted by Gasteiger charge is -2.23. The van der Waals surface area contributed by atoms with E-state index >= 15 is 0 Å². The van der Waals surface area contributed by atoms with Crippen LogP contribution in [0.5, 0.6) is 5.75 Å². The first-order chi connectivity index (χ1) is 9.16. The molecule has 4 nitrogen and oxygen atoms in total. The van der Waals surface area contributed by atoms with Crippen LogP contribution in [0.15, 0.2) is 23.1 Å². The highest BCUT2D eigenvalue weighted by Gasteiger charge is 2.21. The van der Waals surface area contributed by atoms with Gasteiger partial charge in [0.2, 0.25) is 10.0 Å². The molecule has 0 aromatic heterocycles. The lowest BCUT2D eigenvalue weighted by atomic mass is 9.86. The predicted octanol–water partition coefficient (Wildman–Crippen LogP) is 2.42. The number of ether oxygens (including phenoxy) is 1. The van der Waals surface area contributed by atoms with Crippen molar-refractivity contribution in [1.29, 1.82) is 0 Å². The molecule has 0 aliphatic carbocycles. The number of benzene rings is 1. The van der Waals surface area contributed by atoms with Gasteiger partial charge in [-0.3, -0.25) is 0 Å². The lowest BCUT2D eigenvalue weighted by Crippen LogP contribution is -2.17. The van der Waals surface area contributed by atoms with Gasteiger partial charge in [-0.25, -0.2) is 13.6 Å². The molecule has 0 fully saturated rings. The fraction of sp³-hybridized carbons (Fsp3) is 0.467. The van der Waals surface area contributed by atoms with Crippen LogP contribution in [0.25, 0.3) is 0 Å². The highest BCUT2D eigenvalue weighted by Crippen LogP contribution is 2.33. The fourth-order valence-electron chi connectivity index (χ4n) is 1.75. The summed E-state index contributed by atoms with van der Waals surface area (Å²) in [7, 11) is -3.71. The molecule has 1 rings (SSSR count). The Bertz CT molecular complexity index is 607. The monoisotopic (exact) mass is 295 g/mol. The Balaban J connectivity index is 3.09. The molecule has 20 heavy (non-hydrogen) atoms. The summed E-state index contributed by atoms with van der Waals surface area (Å²) in [6.07, 6.45) is 6.60. The second-order valence-electron chi connectivity index (χ2n) is 5.61. The minimum Gasteiger partial charge on any atom is -0.493 e. The molecule has 0 aliphatic rings. The topological polar surface area (TPSA) is 69.4 Å². The molecule has 0 radical (unpaired) electrons. The van der Waals surface area contributed by atoms with Crippen LogP contribution >= 0.6 is 0 Å². The third-order valence-electron chi connectivity index (χ3n) is 2.81. The quantitative estimate of drug-likeness (QED) is 0.670. The summed E-state index contributed by atoms with van der Waals surface area (Å²) < 4.78 is 28.6. The molecule has 2 N–H and O–H groups in total. The lowest BCUT2D eigenvalue weighted by molar-refractivity contribution is 0.304. The first-order valence-electron chi connectivity index (χ1n) is 6.40. The SMILES string of the molecule is C#CCCCOc1ccc(S(N)(=O)=O)cc1C(C)(C)C. The first kappa shape index (κ1) is 16.5. The fourth-order valence-corrected chi connectivity index (χ4v) is 2.29. The molecule has 0 spiro atoms. The van der Waals surface area contributed by atoms with Crippen LogP contribution in [0.1, 0.15) is 39.2 Å². The summed E-state index contributed by atoms with van der Waals surface area (Å²) in [5, 5.41) is 5.17. The van der Waals surface area contributed by atoms with E-state index in [2.05, 4.69) is 5.92 Å². The Morgan fingerprint density at radius 3 is 2.50 bits per heavy atom. The van der Waals surface area contributed by atoms with E-state index in [9.17, 15) is 8.42 Å². The summed E-state index contributed by atoms with van der Waals surface area (Å²) in [4.78, 5) is 0.0957. The molecular formula is C15H21NO3S. The van der Waals surface area contributed by atoms with Crippen molar-refractivity contribution in [3.63, 3.8) is 0 Å². The molecule has 0 amide bonds. The van der Waals surface area contributed by atoms with Crippen LogP contribution in [0.3, 0.4) is 0 Å². The number of nitrogens with two attached hydrogens (primary N) is 1. The van der Waals surface area contributed by atoms with Gasteiger partial charge in [-0.15, -0.1) is 12.3 Å². The van der Waals surface area contributed by atoms with Gasteiger partial charge in [0.25, 0.3) is 0 Å². The summed E-state index contributed by atoms with van der Waals surface area (Å²) in [5.41, 5.74) is 0.562. The summed E-state index contributed by atoms with van der Waals surface area (Å²) in [5.74, 6) is 3.22. The summed E-state index contributed by atoms with van der Waals surface area (Å²) in [6.45, 7) is 6.47. The minimum atomic E-state index is -3.71. The molecule has 0 atom stereocenters. The zero-order valence-corrected chi connectivity index (χ0v) is 13.0. The third kappa shape index (κ3) is 4.55. The van der Waals surface area contributed by atoms with Crippen molar-refractivity contribution in [3.05, 3.63) is 23.8 Å². The highest BCUT2D eigenvalue weighted by atomic mass is 32.2. The van der Waals surface area contributed by atoms with Gasteiger partial charge in [0, 0.05) is 12.0 Å². The maximum absolute atomic E-state index is 11.4. The number of rotatable bonds is 5. The average Bonchev–Trinajstić information content (AvgIpc) is 2.32. The average molecular weight is 295 g/mol. The van der Waals surface area contributed by atoms with Gasteiger partial charge in [0.1, 0.15) is 5.75 Å². The largest absolute Gasteiger partial charge is 0.493 e. The Hall–Kier alpha value is -1.51. The zero-order chi connectivity index (χ0) is 15.4. The summed E-state index contributed by atoms with van der Waals surface area (Å²) >= 11 is 0. The molecule has 1 aromatic carbocycles. The number of hydrogen-bond acceptors (Lipinski definition) is 3. The van der Waals surface area contributed by atoms with Crippen LogP contribution in [0, 0.1) is 12.3 Å². The molecule has 0 saturated heterocycles. The van der Waals surface area contributed by atoms with Crippen molar-refractivity contribution in [3.8, 4) is 18.1 Å². The van der Waals surface area contributed by atoms with E-state index in [0.717, 1.165) is 12.0 Å². The van der Waals surface area contributed by atoms with Crippen molar-refractivity contribution < 1.29 is 13.2 Å². The maximum Gasteiger partial charge on any atom is 0.238 e. The van der Waals surface area contributed by atoms with Gasteiger partial charge in [-0.1, -0.05) is 20.8 Å². The van der Waals surface area contributed by atoms with E-state index in [-0.39, 0.29) is 10.3 Å². The second kappa shape index (κ2) is 6.29. The van der Waals surface area contributed by atoms with Crippen molar-refractivity contribution >= 4 is 10.0 Å². The van der Waals surface area contributed by atoms with Gasteiger partial charge in [-0.2, -0.15) is 0 Å². The Morgan fingerprint density at radius 1 is 1.35 bits per heavy atom. The van der Waals surface area contributed by atoms with Crippen molar-refractivity contribution in [1.82, 2.24) is 0 Å². The normalized spacial score (nSPS) is 11.9. The van der Waals surface area contributed by atoms with Crippen molar-refractivity contribution in [2.45, 2.75) is 43.9 Å². The highest BCUT2D eigenvalue weighted by molar-refractivity contribution is 7.89. The van der Waals surface area contributed by atoms with Gasteiger partial charge in [0.05, 0.1) is 11.5 Å². The summed E-state index contributed by atoms with van der Waals surface area (Å²) in [6, 6.07) is 4.68. The number of terminal acetylenes is 1. The molecule has 0 heterocycles. The molecule has 1 aromatic rings. The van der Waals surface area contributed by atoms with Gasteiger partial charge >= 0.3 is 0 Å². The number of hydrogen-bond donors (Lipinski definition) is 1. The van der Waals surface area contributed by atoms with Gasteiger partial charge in [0.15, 0.2) is 0 Å². The van der Waals surface area contributed by atoms with Crippen LogP contribution in [-0.2, 0) is 15.4 Å². The number of unbranched alkanes of at least 4 members (excludes halogenated alkanes) is 1. The van der Waals surface area contributed by atoms with E-state index in [0.29, 0.717) is 18.8 Å². The van der Waals surface area contributed by atoms with E-state index in [1.807, 2.05) is 20.8 Å². The Labute approximate surface area is 121 Å². The smallest absolute Gasteiger partial charge is 0.238 e. The van der Waals surface area contributed by atoms with Crippen LogP contribution < -0.4 is 9.88 Å². The van der Waals surface area contributed by atoms with Crippen LogP contribution in [-0.4, -0.2) is 15.0 Å². The van der Waals surface area contributed by atoms with E-state index < -0.39 is 10.0 Å². The molecule has 5 heteroatoms. The minimum absolute atomic E-state index is 0.0957. The molecule has 0 saturated carbocycles. The number of primary sulfonamides is 1. The molecule has 0 aliphatic heterocycles. The first-order valence-corrected chi connectivity index (χ1v) is 7.94. The third-order valence-corrected chi connectivity index (χ3v) is 3.72. The van der Waals surface area contributed by atoms with Crippen molar-refractivity contribution in [2.75, 3.05) is 6.61 Å². The predicted molar refractivity (Wildman–Crippen MR) is 80.1 cm³/mol. The Kier molecular flexibility index (Phi) is 5.21. The van der Waals surface area contributed by atoms with Crippen LogP contribution in [0.2, 0.25) is 0 Å². The standard InChI is InChI=1S/C15H21NO3S/c1-5-6-7-10-19-14-9-8-12(20(16,17)18)11-13(14)15(2,3)4/h1,8-9,11H,6-7,10H2,2-4H3,(H2,16,17,18). The van der Waals surface area contributed by atoms with E-state index in [1.54, 1.807) is 12.1 Å². The van der Waals surface area contributed by atoms with Crippen LogP contribution in [0.4, 0.5) is 0 Å². The molecule has 0 bridgehead atoms.